The minimum Gasteiger partial charge on any atom is -0.496 e. The maximum atomic E-state index is 9.10. The fraction of sp³-hybridized carbons (Fsp3) is 0.625. The van der Waals surface area contributed by atoms with Gasteiger partial charge in [0, 0.05) is 19.1 Å². The van der Waals surface area contributed by atoms with Gasteiger partial charge < -0.3 is 9.84 Å². The van der Waals surface area contributed by atoms with E-state index in [1.807, 2.05) is 0 Å². The molecule has 0 saturated carbocycles. The Kier molecular flexibility index (Phi) is 4.48. The summed E-state index contributed by atoms with van der Waals surface area (Å²) in [5, 5.41) is 9.10. The van der Waals surface area contributed by atoms with E-state index in [2.05, 4.69) is 37.8 Å². The predicted octanol–water partition coefficient (Wildman–Crippen LogP) is 2.48. The van der Waals surface area contributed by atoms with Crippen molar-refractivity contribution in [3.05, 3.63) is 28.8 Å². The molecule has 2 atom stereocenters. The van der Waals surface area contributed by atoms with Gasteiger partial charge in [-0.25, -0.2) is 0 Å². The molecular formula is C16H25NO2. The summed E-state index contributed by atoms with van der Waals surface area (Å²) in [6.07, 6.45) is 1.17. The molecule has 1 saturated heterocycles. The van der Waals surface area contributed by atoms with Crippen molar-refractivity contribution >= 4 is 0 Å². The average Bonchev–Trinajstić information content (AvgIpc) is 2.71. The topological polar surface area (TPSA) is 32.7 Å². The van der Waals surface area contributed by atoms with Crippen LogP contribution in [0.5, 0.6) is 5.75 Å². The zero-order valence-corrected chi connectivity index (χ0v) is 12.4. The molecule has 0 aromatic heterocycles. The number of ether oxygens (including phenoxy) is 1. The van der Waals surface area contributed by atoms with E-state index in [0.29, 0.717) is 12.0 Å². The first-order chi connectivity index (χ1) is 9.06. The van der Waals surface area contributed by atoms with E-state index in [0.717, 1.165) is 18.8 Å². The molecule has 1 heterocycles. The fourth-order valence-electron chi connectivity index (χ4n) is 3.32. The van der Waals surface area contributed by atoms with Crippen LogP contribution in [0.15, 0.2) is 12.1 Å². The van der Waals surface area contributed by atoms with E-state index in [1.54, 1.807) is 7.11 Å². The number of nitrogens with zero attached hydrogens (tertiary/aromatic N) is 1. The summed E-state index contributed by atoms with van der Waals surface area (Å²) < 4.78 is 5.43. The number of benzene rings is 1. The zero-order valence-electron chi connectivity index (χ0n) is 12.4. The minimum absolute atomic E-state index is 0.248. The van der Waals surface area contributed by atoms with Crippen LogP contribution in [0.3, 0.4) is 0 Å². The maximum Gasteiger partial charge on any atom is 0.124 e. The third-order valence-corrected chi connectivity index (χ3v) is 4.25. The predicted molar refractivity (Wildman–Crippen MR) is 77.9 cm³/mol. The molecule has 19 heavy (non-hydrogen) atoms. The van der Waals surface area contributed by atoms with Crippen molar-refractivity contribution < 1.29 is 9.84 Å². The molecule has 0 amide bonds. The first-order valence-corrected chi connectivity index (χ1v) is 7.06. The van der Waals surface area contributed by atoms with Crippen LogP contribution in [-0.4, -0.2) is 42.9 Å². The Morgan fingerprint density at radius 2 is 1.95 bits per heavy atom. The summed E-state index contributed by atoms with van der Waals surface area (Å²) in [5.41, 5.74) is 3.83. The first kappa shape index (κ1) is 14.4. The van der Waals surface area contributed by atoms with Crippen molar-refractivity contribution in [2.45, 2.75) is 39.2 Å². The van der Waals surface area contributed by atoms with Crippen LogP contribution in [0.25, 0.3) is 0 Å². The molecule has 1 aromatic rings. The molecule has 3 nitrogen and oxygen atoms in total. The Morgan fingerprint density at radius 3 is 2.47 bits per heavy atom. The third kappa shape index (κ3) is 2.93. The van der Waals surface area contributed by atoms with E-state index in [-0.39, 0.29) is 6.61 Å². The molecule has 1 N–H and O–H groups in total. The van der Waals surface area contributed by atoms with Crippen molar-refractivity contribution in [2.24, 2.45) is 0 Å². The lowest BCUT2D eigenvalue weighted by Gasteiger charge is -2.19. The molecule has 0 spiro atoms. The van der Waals surface area contributed by atoms with Crippen LogP contribution in [0, 0.1) is 13.8 Å². The third-order valence-electron chi connectivity index (χ3n) is 4.25. The smallest absolute Gasteiger partial charge is 0.124 e. The van der Waals surface area contributed by atoms with Crippen LogP contribution in [0.1, 0.15) is 36.0 Å². The van der Waals surface area contributed by atoms with E-state index >= 15 is 0 Å². The second kappa shape index (κ2) is 5.93. The second-order valence-electron chi connectivity index (χ2n) is 5.69. The Labute approximate surface area is 116 Å². The van der Waals surface area contributed by atoms with Gasteiger partial charge in [0.2, 0.25) is 0 Å². The van der Waals surface area contributed by atoms with Gasteiger partial charge in [-0.1, -0.05) is 12.1 Å². The Bertz CT molecular complexity index is 421. The van der Waals surface area contributed by atoms with Crippen molar-refractivity contribution in [1.29, 1.82) is 0 Å². The van der Waals surface area contributed by atoms with Crippen molar-refractivity contribution in [1.82, 2.24) is 4.90 Å². The number of β-amino-alcohol motifs (C(OH)–C–C–N with tert-alkyl or cyclic N) is 1. The summed E-state index contributed by atoms with van der Waals surface area (Å²) in [4.78, 5) is 2.37. The Balaban J connectivity index is 2.20. The van der Waals surface area contributed by atoms with E-state index in [4.69, 9.17) is 9.84 Å². The summed E-state index contributed by atoms with van der Waals surface area (Å²) in [7, 11) is 1.73. The zero-order chi connectivity index (χ0) is 14.0. The number of likely N-dealkylation sites (tertiary alicyclic amines) is 1. The summed E-state index contributed by atoms with van der Waals surface area (Å²) in [6.45, 7) is 8.55. The number of hydrogen-bond acceptors (Lipinski definition) is 3. The molecule has 0 radical (unpaired) electrons. The average molecular weight is 263 g/mol. The van der Waals surface area contributed by atoms with Gasteiger partial charge in [-0.3, -0.25) is 4.90 Å². The Morgan fingerprint density at radius 1 is 1.32 bits per heavy atom. The molecule has 106 valence electrons. The summed E-state index contributed by atoms with van der Waals surface area (Å²) >= 11 is 0. The van der Waals surface area contributed by atoms with Gasteiger partial charge in [-0.15, -0.1) is 0 Å². The molecule has 3 heteroatoms. The van der Waals surface area contributed by atoms with Gasteiger partial charge >= 0.3 is 0 Å². The largest absolute Gasteiger partial charge is 0.496 e. The lowest BCUT2D eigenvalue weighted by atomic mass is 9.93. The minimum atomic E-state index is 0.248. The van der Waals surface area contributed by atoms with Gasteiger partial charge in [-0.2, -0.15) is 0 Å². The van der Waals surface area contributed by atoms with Crippen LogP contribution in [0.4, 0.5) is 0 Å². The number of aliphatic hydroxyl groups is 1. The summed E-state index contributed by atoms with van der Waals surface area (Å²) in [6, 6.07) is 5.07. The number of hydrogen-bond donors (Lipinski definition) is 1. The lowest BCUT2D eigenvalue weighted by Crippen LogP contribution is -2.29. The standard InChI is InChI=1S/C16H25NO2/c1-11-7-14(8-12(2)16(11)19-4)15-9-13(3)17(10-15)5-6-18/h7-8,13,15,18H,5-6,9-10H2,1-4H3. The first-order valence-electron chi connectivity index (χ1n) is 7.06. The Hall–Kier alpha value is -1.06. The monoisotopic (exact) mass is 263 g/mol. The normalized spacial score (nSPS) is 23.8. The van der Waals surface area contributed by atoms with Gasteiger partial charge in [-0.05, 0) is 49.8 Å². The number of methoxy groups -OCH3 is 1. The molecule has 0 bridgehead atoms. The van der Waals surface area contributed by atoms with Crippen molar-refractivity contribution in [3.63, 3.8) is 0 Å². The molecule has 1 aliphatic rings. The SMILES string of the molecule is COc1c(C)cc(C2CC(C)N(CCO)C2)cc1C. The van der Waals surface area contributed by atoms with E-state index in [1.165, 1.54) is 23.1 Å². The van der Waals surface area contributed by atoms with E-state index < -0.39 is 0 Å². The van der Waals surface area contributed by atoms with Crippen LogP contribution >= 0.6 is 0 Å². The van der Waals surface area contributed by atoms with Crippen molar-refractivity contribution in [3.8, 4) is 5.75 Å². The molecule has 2 rings (SSSR count). The molecular weight excluding hydrogens is 238 g/mol. The van der Waals surface area contributed by atoms with Gasteiger partial charge in [0.05, 0.1) is 13.7 Å². The molecule has 1 aromatic carbocycles. The van der Waals surface area contributed by atoms with Crippen molar-refractivity contribution in [2.75, 3.05) is 26.8 Å². The number of rotatable bonds is 4. The highest BCUT2D eigenvalue weighted by atomic mass is 16.5. The van der Waals surface area contributed by atoms with Crippen LogP contribution < -0.4 is 4.74 Å². The lowest BCUT2D eigenvalue weighted by molar-refractivity contribution is 0.191. The maximum absolute atomic E-state index is 9.10. The van der Waals surface area contributed by atoms with Crippen LogP contribution in [0.2, 0.25) is 0 Å². The molecule has 1 aliphatic heterocycles. The highest BCUT2D eigenvalue weighted by Gasteiger charge is 2.29. The molecule has 2 unspecified atom stereocenters. The molecule has 0 aliphatic carbocycles. The van der Waals surface area contributed by atoms with Gasteiger partial charge in [0.1, 0.15) is 5.75 Å². The summed E-state index contributed by atoms with van der Waals surface area (Å²) in [5.74, 6) is 1.58. The van der Waals surface area contributed by atoms with Gasteiger partial charge in [0.25, 0.3) is 0 Å². The molecule has 1 fully saturated rings. The quantitative estimate of drug-likeness (QED) is 0.906. The van der Waals surface area contributed by atoms with E-state index in [9.17, 15) is 0 Å². The number of aliphatic hydroxyl groups excluding tert-OH is 1. The van der Waals surface area contributed by atoms with Crippen LogP contribution in [-0.2, 0) is 0 Å². The number of aryl methyl sites for hydroxylation is 2. The highest BCUT2D eigenvalue weighted by molar-refractivity contribution is 5.44. The van der Waals surface area contributed by atoms with Gasteiger partial charge in [0.15, 0.2) is 0 Å². The fourth-order valence-corrected chi connectivity index (χ4v) is 3.32. The highest BCUT2D eigenvalue weighted by Crippen LogP contribution is 2.35. The second-order valence-corrected chi connectivity index (χ2v) is 5.69.